The van der Waals surface area contributed by atoms with Gasteiger partial charge in [-0.1, -0.05) is 17.7 Å². The highest BCUT2D eigenvalue weighted by Crippen LogP contribution is 2.40. The predicted octanol–water partition coefficient (Wildman–Crippen LogP) is 4.79. The molecule has 146 valence electrons. The zero-order valence-electron chi connectivity index (χ0n) is 15.0. The van der Waals surface area contributed by atoms with Crippen LogP contribution in [0.5, 0.6) is 11.5 Å². The zero-order chi connectivity index (χ0) is 18.7. The van der Waals surface area contributed by atoms with Gasteiger partial charge in [0.15, 0.2) is 5.96 Å². The van der Waals surface area contributed by atoms with Gasteiger partial charge >= 0.3 is 0 Å². The number of methoxy groups -OCH3 is 2. The van der Waals surface area contributed by atoms with Gasteiger partial charge in [-0.15, -0.1) is 24.0 Å². The fourth-order valence-electron chi connectivity index (χ4n) is 3.01. The van der Waals surface area contributed by atoms with Crippen LogP contribution in [-0.2, 0) is 0 Å². The monoisotopic (exact) mass is 505 g/mol. The van der Waals surface area contributed by atoms with E-state index in [1.54, 1.807) is 38.5 Å². The molecule has 0 aliphatic heterocycles. The van der Waals surface area contributed by atoms with Crippen molar-refractivity contribution < 1.29 is 13.9 Å². The Morgan fingerprint density at radius 1 is 1.19 bits per heavy atom. The first kappa shape index (κ1) is 21.6. The molecule has 2 aromatic rings. The standard InChI is InChI=1S/C19H21ClFN3O2.HI/c1-25-14-4-6-18(26-2)17(10-14)24-19(22)23-13-7-12(8-13)11-3-5-16(21)15(20)9-11;/h3-6,9-10,12-13H,7-8H2,1-2H3,(H3,22,23,24);1H. The van der Waals surface area contributed by atoms with E-state index in [0.717, 1.165) is 18.4 Å². The minimum Gasteiger partial charge on any atom is -0.497 e. The van der Waals surface area contributed by atoms with E-state index in [1.807, 2.05) is 6.07 Å². The van der Waals surface area contributed by atoms with Crippen LogP contribution in [0, 0.1) is 5.82 Å². The van der Waals surface area contributed by atoms with Crippen LogP contribution in [0.15, 0.2) is 41.4 Å². The second kappa shape index (κ2) is 9.45. The third-order valence-electron chi connectivity index (χ3n) is 4.52. The lowest BCUT2D eigenvalue weighted by atomic mass is 9.76. The third-order valence-corrected chi connectivity index (χ3v) is 4.81. The molecule has 0 aromatic heterocycles. The molecule has 0 spiro atoms. The van der Waals surface area contributed by atoms with Crippen molar-refractivity contribution in [3.63, 3.8) is 0 Å². The number of nitrogens with two attached hydrogens (primary N) is 1. The van der Waals surface area contributed by atoms with Crippen molar-refractivity contribution in [3.05, 3.63) is 52.8 Å². The fraction of sp³-hybridized carbons (Fsp3) is 0.316. The van der Waals surface area contributed by atoms with E-state index < -0.39 is 5.82 Å². The molecule has 5 nitrogen and oxygen atoms in total. The van der Waals surface area contributed by atoms with Crippen molar-refractivity contribution in [2.45, 2.75) is 24.8 Å². The summed E-state index contributed by atoms with van der Waals surface area (Å²) in [6, 6.07) is 10.4. The molecular weight excluding hydrogens is 484 g/mol. The van der Waals surface area contributed by atoms with Gasteiger partial charge in [-0.2, -0.15) is 0 Å². The van der Waals surface area contributed by atoms with Crippen LogP contribution in [0.3, 0.4) is 0 Å². The average Bonchev–Trinajstić information content (AvgIpc) is 2.60. The smallest absolute Gasteiger partial charge is 0.193 e. The lowest BCUT2D eigenvalue weighted by molar-refractivity contribution is 0.353. The van der Waals surface area contributed by atoms with Crippen LogP contribution < -0.4 is 20.5 Å². The molecule has 0 heterocycles. The van der Waals surface area contributed by atoms with Crippen LogP contribution in [0.4, 0.5) is 10.1 Å². The average molecular weight is 506 g/mol. The normalized spacial score (nSPS) is 18.9. The minimum absolute atomic E-state index is 0. The molecule has 0 saturated heterocycles. The lowest BCUT2D eigenvalue weighted by Crippen LogP contribution is -2.31. The minimum atomic E-state index is -0.398. The maximum Gasteiger partial charge on any atom is 0.193 e. The molecule has 0 bridgehead atoms. The highest BCUT2D eigenvalue weighted by Gasteiger charge is 2.30. The molecule has 1 aliphatic carbocycles. The topological polar surface area (TPSA) is 68.9 Å². The fourth-order valence-corrected chi connectivity index (χ4v) is 3.20. The molecule has 0 atom stereocenters. The Bertz CT molecular complexity index is 829. The number of hydrogen-bond donors (Lipinski definition) is 2. The van der Waals surface area contributed by atoms with Crippen LogP contribution >= 0.6 is 35.6 Å². The van der Waals surface area contributed by atoms with Crippen molar-refractivity contribution in [1.29, 1.82) is 0 Å². The summed E-state index contributed by atoms with van der Waals surface area (Å²) in [5.74, 6) is 1.58. The highest BCUT2D eigenvalue weighted by atomic mass is 127. The number of guanidine groups is 1. The van der Waals surface area contributed by atoms with Gasteiger partial charge in [0, 0.05) is 6.07 Å². The van der Waals surface area contributed by atoms with Crippen molar-refractivity contribution in [3.8, 4) is 11.5 Å². The second-order valence-electron chi connectivity index (χ2n) is 6.20. The molecule has 0 unspecified atom stereocenters. The summed E-state index contributed by atoms with van der Waals surface area (Å²) < 4.78 is 23.8. The number of benzene rings is 2. The van der Waals surface area contributed by atoms with E-state index in [1.165, 1.54) is 6.07 Å². The molecule has 8 heteroatoms. The zero-order valence-corrected chi connectivity index (χ0v) is 18.1. The number of ether oxygens (including phenoxy) is 2. The van der Waals surface area contributed by atoms with Crippen LogP contribution in [0.25, 0.3) is 0 Å². The van der Waals surface area contributed by atoms with Gasteiger partial charge in [0.25, 0.3) is 0 Å². The van der Waals surface area contributed by atoms with Crippen molar-refractivity contribution >= 4 is 47.2 Å². The van der Waals surface area contributed by atoms with Gasteiger partial charge < -0.3 is 20.5 Å². The maximum atomic E-state index is 13.3. The number of aliphatic imine (C=N–C) groups is 1. The molecule has 0 radical (unpaired) electrons. The third kappa shape index (κ3) is 5.16. The van der Waals surface area contributed by atoms with E-state index in [4.69, 9.17) is 26.8 Å². The summed E-state index contributed by atoms with van der Waals surface area (Å²) in [6.07, 6.45) is 1.69. The predicted molar refractivity (Wildman–Crippen MR) is 117 cm³/mol. The number of hydrogen-bond acceptors (Lipinski definition) is 3. The van der Waals surface area contributed by atoms with E-state index in [-0.39, 0.29) is 35.0 Å². The van der Waals surface area contributed by atoms with E-state index in [2.05, 4.69) is 10.3 Å². The largest absolute Gasteiger partial charge is 0.497 e. The Balaban J connectivity index is 0.00000261. The Morgan fingerprint density at radius 2 is 1.93 bits per heavy atom. The van der Waals surface area contributed by atoms with Crippen molar-refractivity contribution in [1.82, 2.24) is 0 Å². The maximum absolute atomic E-state index is 13.3. The molecule has 0 amide bonds. The molecule has 2 aromatic carbocycles. The first-order valence-electron chi connectivity index (χ1n) is 8.27. The summed E-state index contributed by atoms with van der Waals surface area (Å²) in [6.45, 7) is 0. The van der Waals surface area contributed by atoms with Crippen LogP contribution in [0.2, 0.25) is 5.02 Å². The molecule has 3 N–H and O–H groups in total. The van der Waals surface area contributed by atoms with Gasteiger partial charge in [0.1, 0.15) is 17.3 Å². The Kier molecular flexibility index (Phi) is 7.55. The lowest BCUT2D eigenvalue weighted by Gasteiger charge is -2.33. The van der Waals surface area contributed by atoms with E-state index >= 15 is 0 Å². The number of anilines is 1. The number of nitrogens with zero attached hydrogens (tertiary/aromatic N) is 1. The van der Waals surface area contributed by atoms with Crippen LogP contribution in [0.1, 0.15) is 24.3 Å². The van der Waals surface area contributed by atoms with Crippen molar-refractivity contribution in [2.24, 2.45) is 10.7 Å². The summed E-state index contributed by atoms with van der Waals surface area (Å²) in [5.41, 5.74) is 7.75. The van der Waals surface area contributed by atoms with E-state index in [0.29, 0.717) is 29.1 Å². The van der Waals surface area contributed by atoms with Crippen molar-refractivity contribution in [2.75, 3.05) is 19.5 Å². The van der Waals surface area contributed by atoms with Crippen LogP contribution in [-0.4, -0.2) is 26.2 Å². The number of nitrogens with one attached hydrogen (secondary N) is 1. The molecule has 1 fully saturated rings. The highest BCUT2D eigenvalue weighted by molar-refractivity contribution is 14.0. The quantitative estimate of drug-likeness (QED) is 0.348. The molecular formula is C19H22ClFIN3O2. The summed E-state index contributed by atoms with van der Waals surface area (Å²) in [7, 11) is 3.18. The van der Waals surface area contributed by atoms with Gasteiger partial charge in [-0.05, 0) is 48.6 Å². The van der Waals surface area contributed by atoms with Gasteiger partial charge in [-0.25, -0.2) is 9.38 Å². The van der Waals surface area contributed by atoms with Gasteiger partial charge in [0.2, 0.25) is 0 Å². The summed E-state index contributed by atoms with van der Waals surface area (Å²) in [4.78, 5) is 4.50. The first-order chi connectivity index (χ1) is 12.5. The molecule has 1 aliphatic rings. The van der Waals surface area contributed by atoms with E-state index in [9.17, 15) is 4.39 Å². The van der Waals surface area contributed by atoms with Gasteiger partial charge in [0.05, 0.1) is 31.0 Å². The van der Waals surface area contributed by atoms with Gasteiger partial charge in [-0.3, -0.25) is 0 Å². The second-order valence-corrected chi connectivity index (χ2v) is 6.61. The summed E-state index contributed by atoms with van der Waals surface area (Å²) in [5, 5.41) is 3.21. The Hall–Kier alpha value is -1.74. The number of rotatable bonds is 5. The number of halogens is 3. The molecule has 1 saturated carbocycles. The Labute approximate surface area is 180 Å². The SMILES string of the molecule is COc1ccc(OC)c(NC(N)=NC2CC(c3ccc(F)c(Cl)c3)C2)c1.I. The molecule has 27 heavy (non-hydrogen) atoms. The Morgan fingerprint density at radius 3 is 2.56 bits per heavy atom. The molecule has 3 rings (SSSR count). The summed E-state index contributed by atoms with van der Waals surface area (Å²) >= 11 is 5.85. The first-order valence-corrected chi connectivity index (χ1v) is 8.65.